The van der Waals surface area contributed by atoms with Crippen molar-refractivity contribution < 1.29 is 24.3 Å². The van der Waals surface area contributed by atoms with E-state index in [9.17, 15) is 24.3 Å². The van der Waals surface area contributed by atoms with E-state index in [0.29, 0.717) is 37.5 Å². The number of hydrogen-bond acceptors (Lipinski definition) is 5. The van der Waals surface area contributed by atoms with E-state index in [0.717, 1.165) is 25.7 Å². The molecule has 0 aromatic rings. The van der Waals surface area contributed by atoms with E-state index >= 15 is 0 Å². The highest BCUT2D eigenvalue weighted by atomic mass is 35.5. The summed E-state index contributed by atoms with van der Waals surface area (Å²) in [6.07, 6.45) is 10.1. The van der Waals surface area contributed by atoms with Crippen molar-refractivity contribution in [3.63, 3.8) is 0 Å². The monoisotopic (exact) mass is 588 g/mol. The maximum Gasteiger partial charge on any atom is 0.328 e. The van der Waals surface area contributed by atoms with Crippen LogP contribution in [0.3, 0.4) is 0 Å². The van der Waals surface area contributed by atoms with Gasteiger partial charge in [0.1, 0.15) is 6.04 Å². The zero-order chi connectivity index (χ0) is 28.5. The standard InChI is InChI=1S/C26H42Cl2N6O5/c27-18-10-16(14-5-2-1-3-6-14)11-19(28)22(18)24(37)34-20(25(38)39)12-31-21(35)13-32-23(36)15-7-4-8-17(9-15)33-26(29)30/h14-20,22H,1-13H2,(H,31,35)(H,32,36)(H,34,37)(H,38,39)(H4,29,30,33)/t15?,16?,17?,18?,19?,20-,22?/m0/s1. The molecule has 3 aliphatic rings. The third kappa shape index (κ3) is 9.41. The van der Waals surface area contributed by atoms with Gasteiger partial charge in [0.05, 0.1) is 18.5 Å². The number of carbonyl (C=O) groups excluding carboxylic acids is 3. The molecule has 3 rings (SSSR count). The summed E-state index contributed by atoms with van der Waals surface area (Å²) < 4.78 is 0. The molecule has 0 aromatic heterocycles. The number of aliphatic carboxylic acids is 1. The minimum atomic E-state index is -1.36. The molecule has 39 heavy (non-hydrogen) atoms. The lowest BCUT2D eigenvalue weighted by Crippen LogP contribution is -2.54. The molecule has 0 saturated heterocycles. The Hall–Kier alpha value is -2.27. The highest BCUT2D eigenvalue weighted by molar-refractivity contribution is 6.26. The normalized spacial score (nSPS) is 30.4. The molecule has 8 N–H and O–H groups in total. The molecule has 13 heteroatoms. The molecule has 5 atom stereocenters. The molecule has 3 aliphatic carbocycles. The van der Waals surface area contributed by atoms with Gasteiger partial charge in [0.15, 0.2) is 5.96 Å². The molecule has 3 saturated carbocycles. The van der Waals surface area contributed by atoms with Crippen molar-refractivity contribution in [2.24, 2.45) is 40.1 Å². The van der Waals surface area contributed by atoms with Crippen LogP contribution in [0.1, 0.15) is 70.6 Å². The van der Waals surface area contributed by atoms with E-state index in [1.165, 1.54) is 19.3 Å². The van der Waals surface area contributed by atoms with E-state index in [-0.39, 0.29) is 36.9 Å². The first-order valence-electron chi connectivity index (χ1n) is 14.0. The highest BCUT2D eigenvalue weighted by Crippen LogP contribution is 2.43. The van der Waals surface area contributed by atoms with Crippen molar-refractivity contribution in [1.82, 2.24) is 16.0 Å². The number of nitrogens with zero attached hydrogens (tertiary/aromatic N) is 1. The number of nitrogens with two attached hydrogens (primary N) is 2. The Morgan fingerprint density at radius 1 is 0.846 bits per heavy atom. The minimum Gasteiger partial charge on any atom is -0.480 e. The first-order valence-corrected chi connectivity index (χ1v) is 14.9. The number of rotatable bonds is 10. The molecule has 0 heterocycles. The Morgan fingerprint density at radius 3 is 2.13 bits per heavy atom. The summed E-state index contributed by atoms with van der Waals surface area (Å²) in [5.41, 5.74) is 10.9. The third-order valence-electron chi connectivity index (χ3n) is 8.34. The second-order valence-corrected chi connectivity index (χ2v) is 12.3. The molecule has 0 spiro atoms. The lowest BCUT2D eigenvalue weighted by atomic mass is 9.70. The molecule has 0 aliphatic heterocycles. The maximum atomic E-state index is 13.0. The van der Waals surface area contributed by atoms with Gasteiger partial charge >= 0.3 is 5.97 Å². The fraction of sp³-hybridized carbons (Fsp3) is 0.808. The molecular formula is C26H42Cl2N6O5. The Morgan fingerprint density at radius 2 is 1.51 bits per heavy atom. The van der Waals surface area contributed by atoms with Crippen molar-refractivity contribution in [2.75, 3.05) is 13.1 Å². The number of hydrogen-bond donors (Lipinski definition) is 6. The molecular weight excluding hydrogens is 547 g/mol. The number of aliphatic imine (C=N–C) groups is 1. The van der Waals surface area contributed by atoms with Gasteiger partial charge in [0.2, 0.25) is 17.7 Å². The van der Waals surface area contributed by atoms with Crippen molar-refractivity contribution >= 4 is 52.9 Å². The van der Waals surface area contributed by atoms with Crippen LogP contribution in [0.2, 0.25) is 0 Å². The van der Waals surface area contributed by atoms with Gasteiger partial charge in [0, 0.05) is 23.2 Å². The fourth-order valence-corrected chi connectivity index (χ4v) is 7.41. The number of amides is 3. The number of nitrogens with one attached hydrogen (secondary N) is 3. The van der Waals surface area contributed by atoms with E-state index in [2.05, 4.69) is 20.9 Å². The van der Waals surface area contributed by atoms with Gasteiger partial charge < -0.3 is 32.5 Å². The van der Waals surface area contributed by atoms with Gasteiger partial charge in [-0.2, -0.15) is 0 Å². The van der Waals surface area contributed by atoms with Crippen LogP contribution < -0.4 is 27.4 Å². The molecule has 3 amide bonds. The topological polar surface area (TPSA) is 189 Å². The first kappa shape index (κ1) is 31.3. The van der Waals surface area contributed by atoms with Crippen molar-refractivity contribution in [3.8, 4) is 0 Å². The highest BCUT2D eigenvalue weighted by Gasteiger charge is 2.43. The zero-order valence-corrected chi connectivity index (χ0v) is 23.8. The fourth-order valence-electron chi connectivity index (χ4n) is 6.30. The van der Waals surface area contributed by atoms with Gasteiger partial charge in [-0.05, 0) is 43.9 Å². The number of carboxylic acid groups (broad SMARTS) is 1. The summed E-state index contributed by atoms with van der Waals surface area (Å²) >= 11 is 13.2. The van der Waals surface area contributed by atoms with Crippen LogP contribution in [0.4, 0.5) is 0 Å². The predicted molar refractivity (Wildman–Crippen MR) is 149 cm³/mol. The van der Waals surface area contributed by atoms with Gasteiger partial charge in [0.25, 0.3) is 0 Å². The largest absolute Gasteiger partial charge is 0.480 e. The van der Waals surface area contributed by atoms with Gasteiger partial charge in [-0.25, -0.2) is 4.79 Å². The summed E-state index contributed by atoms with van der Waals surface area (Å²) in [7, 11) is 0. The van der Waals surface area contributed by atoms with Gasteiger partial charge in [-0.1, -0.05) is 38.5 Å². The Balaban J connectivity index is 1.44. The van der Waals surface area contributed by atoms with Crippen molar-refractivity contribution in [2.45, 2.75) is 93.5 Å². The number of halogens is 2. The molecule has 11 nitrogen and oxygen atoms in total. The Kier molecular flexibility index (Phi) is 12.0. The average Bonchev–Trinajstić information content (AvgIpc) is 2.89. The zero-order valence-electron chi connectivity index (χ0n) is 22.2. The summed E-state index contributed by atoms with van der Waals surface area (Å²) in [5.74, 6) is -2.79. The van der Waals surface area contributed by atoms with Crippen molar-refractivity contribution in [3.05, 3.63) is 0 Å². The number of guanidine groups is 1. The molecule has 0 bridgehead atoms. The van der Waals surface area contributed by atoms with E-state index in [1.54, 1.807) is 0 Å². The predicted octanol–water partition coefficient (Wildman–Crippen LogP) is 1.44. The van der Waals surface area contributed by atoms with E-state index in [4.69, 9.17) is 34.7 Å². The third-order valence-corrected chi connectivity index (χ3v) is 9.24. The Labute approximate surface area is 239 Å². The summed E-state index contributed by atoms with van der Waals surface area (Å²) in [6.45, 7) is -0.662. The van der Waals surface area contributed by atoms with Crippen LogP contribution in [-0.4, -0.2) is 70.7 Å². The second kappa shape index (κ2) is 14.9. The van der Waals surface area contributed by atoms with Crippen LogP contribution in [0, 0.1) is 23.7 Å². The lowest BCUT2D eigenvalue weighted by Gasteiger charge is -2.40. The van der Waals surface area contributed by atoms with Crippen LogP contribution in [-0.2, 0) is 19.2 Å². The number of alkyl halides is 2. The number of carbonyl (C=O) groups is 4. The van der Waals surface area contributed by atoms with E-state index in [1.807, 2.05) is 0 Å². The van der Waals surface area contributed by atoms with Crippen LogP contribution in [0.15, 0.2) is 4.99 Å². The van der Waals surface area contributed by atoms with E-state index < -0.39 is 40.5 Å². The molecule has 4 unspecified atom stereocenters. The van der Waals surface area contributed by atoms with Crippen molar-refractivity contribution in [1.29, 1.82) is 0 Å². The summed E-state index contributed by atoms with van der Waals surface area (Å²) in [5, 5.41) is 16.2. The van der Waals surface area contributed by atoms with Gasteiger partial charge in [-0.15, -0.1) is 23.2 Å². The molecule has 3 fully saturated rings. The van der Waals surface area contributed by atoms with Crippen LogP contribution in [0.5, 0.6) is 0 Å². The maximum absolute atomic E-state index is 13.0. The molecule has 220 valence electrons. The summed E-state index contributed by atoms with van der Waals surface area (Å²) in [6, 6.07) is -1.49. The smallest absolute Gasteiger partial charge is 0.328 e. The summed E-state index contributed by atoms with van der Waals surface area (Å²) in [4.78, 5) is 53.8. The lowest BCUT2D eigenvalue weighted by molar-refractivity contribution is -0.142. The SMILES string of the molecule is NC(N)=NC1CCCC(C(=O)NCC(=O)NC[C@H](NC(=O)C2C(Cl)CC(C3CCCCC3)CC2Cl)C(=O)O)C1. The second-order valence-electron chi connectivity index (χ2n) is 11.2. The molecule has 0 aromatic carbocycles. The van der Waals surface area contributed by atoms with Crippen LogP contribution >= 0.6 is 23.2 Å². The number of carboxylic acids is 1. The Bertz CT molecular complexity index is 899. The van der Waals surface area contributed by atoms with Gasteiger partial charge in [-0.3, -0.25) is 19.4 Å². The minimum absolute atomic E-state index is 0.0178. The quantitative estimate of drug-likeness (QED) is 0.126. The first-order chi connectivity index (χ1) is 18.5. The molecule has 0 radical (unpaired) electrons. The van der Waals surface area contributed by atoms with Crippen LogP contribution in [0.25, 0.3) is 0 Å². The average molecular weight is 590 g/mol.